The first-order valence-electron chi connectivity index (χ1n) is 7.82. The van der Waals surface area contributed by atoms with Gasteiger partial charge in [-0.05, 0) is 25.7 Å². The van der Waals surface area contributed by atoms with Crippen molar-refractivity contribution in [2.45, 2.75) is 37.0 Å². The summed E-state index contributed by atoms with van der Waals surface area (Å²) in [5, 5.41) is -0.212. The predicted molar refractivity (Wildman–Crippen MR) is 87.2 cm³/mol. The molecule has 1 aromatic heterocycles. The molecule has 23 heavy (non-hydrogen) atoms. The van der Waals surface area contributed by atoms with E-state index >= 15 is 0 Å². The van der Waals surface area contributed by atoms with Crippen LogP contribution in [0.15, 0.2) is 15.8 Å². The molecule has 9 heteroatoms. The highest BCUT2D eigenvalue weighted by molar-refractivity contribution is 7.90. The zero-order valence-electron chi connectivity index (χ0n) is 13.4. The van der Waals surface area contributed by atoms with Crippen molar-refractivity contribution in [3.05, 3.63) is 27.0 Å². The zero-order valence-corrected chi connectivity index (χ0v) is 14.2. The van der Waals surface area contributed by atoms with Crippen LogP contribution in [-0.4, -0.2) is 41.9 Å². The number of rotatable bonds is 4. The summed E-state index contributed by atoms with van der Waals surface area (Å²) in [6.07, 6.45) is 4.36. The van der Waals surface area contributed by atoms with Gasteiger partial charge >= 0.3 is 5.69 Å². The maximum absolute atomic E-state index is 12.2. The maximum atomic E-state index is 12.2. The molecule has 3 rings (SSSR count). The summed E-state index contributed by atoms with van der Waals surface area (Å²) >= 11 is 0. The Bertz CT molecular complexity index is 814. The van der Waals surface area contributed by atoms with Gasteiger partial charge in [-0.2, -0.15) is 0 Å². The Morgan fingerprint density at radius 3 is 2.26 bits per heavy atom. The predicted octanol–water partition coefficient (Wildman–Crippen LogP) is -0.865. The summed E-state index contributed by atoms with van der Waals surface area (Å²) in [7, 11) is -0.1000. The molecule has 0 atom stereocenters. The molecule has 0 spiro atoms. The van der Waals surface area contributed by atoms with Crippen LogP contribution < -0.4 is 20.9 Å². The van der Waals surface area contributed by atoms with Gasteiger partial charge in [0.1, 0.15) is 5.69 Å². The molecule has 0 aromatic carbocycles. The highest BCUT2D eigenvalue weighted by Gasteiger charge is 2.37. The average molecular weight is 342 g/mol. The van der Waals surface area contributed by atoms with E-state index < -0.39 is 10.0 Å². The summed E-state index contributed by atoms with van der Waals surface area (Å²) < 4.78 is 29.2. The number of aryl methyl sites for hydroxylation is 1. The first-order valence-corrected chi connectivity index (χ1v) is 9.37. The molecule has 2 heterocycles. The molecule has 0 unspecified atom stereocenters. The van der Waals surface area contributed by atoms with E-state index in [1.807, 2.05) is 4.90 Å². The van der Waals surface area contributed by atoms with Crippen LogP contribution in [0.2, 0.25) is 0 Å². The Labute approximate surface area is 134 Å². The molecule has 1 aliphatic carbocycles. The molecule has 8 nitrogen and oxygen atoms in total. The molecule has 1 N–H and O–H groups in total. The van der Waals surface area contributed by atoms with E-state index in [1.54, 1.807) is 13.2 Å². The largest absolute Gasteiger partial charge is 0.366 e. The van der Waals surface area contributed by atoms with Gasteiger partial charge in [-0.15, -0.1) is 0 Å². The first kappa shape index (κ1) is 16.3. The number of piperidine rings is 1. The smallest absolute Gasteiger partial charge is 0.330 e. The van der Waals surface area contributed by atoms with Crippen molar-refractivity contribution >= 4 is 15.7 Å². The van der Waals surface area contributed by atoms with Gasteiger partial charge < -0.3 is 9.47 Å². The van der Waals surface area contributed by atoms with Crippen LogP contribution in [0.3, 0.4) is 0 Å². The van der Waals surface area contributed by atoms with Crippen LogP contribution >= 0.6 is 0 Å². The van der Waals surface area contributed by atoms with E-state index in [4.69, 9.17) is 0 Å². The third kappa shape index (κ3) is 3.20. The van der Waals surface area contributed by atoms with Gasteiger partial charge in [0.2, 0.25) is 10.0 Å². The van der Waals surface area contributed by atoms with Crippen LogP contribution in [-0.2, 0) is 24.1 Å². The van der Waals surface area contributed by atoms with Crippen molar-refractivity contribution < 1.29 is 8.42 Å². The molecule has 1 saturated heterocycles. The number of anilines is 1. The molecule has 1 aromatic rings. The van der Waals surface area contributed by atoms with E-state index in [9.17, 15) is 18.0 Å². The quantitative estimate of drug-likeness (QED) is 0.768. The van der Waals surface area contributed by atoms with Crippen molar-refractivity contribution in [2.75, 3.05) is 18.0 Å². The van der Waals surface area contributed by atoms with Crippen LogP contribution in [0.25, 0.3) is 0 Å². The number of sulfonamides is 1. The van der Waals surface area contributed by atoms with Crippen molar-refractivity contribution in [3.63, 3.8) is 0 Å². The standard InChI is InChI=1S/C14H22N4O4S/c1-16-9-12(13(19)17(2)14(16)20)18-7-5-10(6-8-18)15-23(21,22)11-3-4-11/h9-11,15H,3-8H2,1-2H3. The average Bonchev–Trinajstić information content (AvgIpc) is 3.35. The van der Waals surface area contributed by atoms with Crippen molar-refractivity contribution in [1.82, 2.24) is 13.9 Å². The molecular formula is C14H22N4O4S. The zero-order chi connectivity index (χ0) is 16.8. The lowest BCUT2D eigenvalue weighted by atomic mass is 10.1. The van der Waals surface area contributed by atoms with Gasteiger partial charge in [0.25, 0.3) is 5.56 Å². The van der Waals surface area contributed by atoms with E-state index in [0.717, 1.165) is 17.4 Å². The lowest BCUT2D eigenvalue weighted by Crippen LogP contribution is -2.48. The lowest BCUT2D eigenvalue weighted by Gasteiger charge is -2.33. The van der Waals surface area contributed by atoms with Gasteiger partial charge in [-0.25, -0.2) is 17.9 Å². The second kappa shape index (κ2) is 5.79. The molecule has 0 radical (unpaired) electrons. The highest BCUT2D eigenvalue weighted by atomic mass is 32.2. The minimum atomic E-state index is -3.18. The van der Waals surface area contributed by atoms with Gasteiger partial charge in [0, 0.05) is 39.4 Å². The summed E-state index contributed by atoms with van der Waals surface area (Å²) in [6, 6.07) is -0.0757. The fourth-order valence-corrected chi connectivity index (χ4v) is 4.60. The molecule has 1 saturated carbocycles. The fraction of sp³-hybridized carbons (Fsp3) is 0.714. The molecule has 0 amide bonds. The second-order valence-corrected chi connectivity index (χ2v) is 8.39. The minimum absolute atomic E-state index is 0.0757. The Morgan fingerprint density at radius 1 is 1.09 bits per heavy atom. The summed E-state index contributed by atoms with van der Waals surface area (Å²) in [5.41, 5.74) is -0.186. The fourth-order valence-electron chi connectivity index (χ4n) is 2.95. The Balaban J connectivity index is 1.70. The minimum Gasteiger partial charge on any atom is -0.366 e. The summed E-state index contributed by atoms with van der Waals surface area (Å²) in [5.74, 6) is 0. The molecule has 2 fully saturated rings. The third-order valence-corrected chi connectivity index (χ3v) is 6.57. The first-order chi connectivity index (χ1) is 10.8. The van der Waals surface area contributed by atoms with Crippen LogP contribution in [0, 0.1) is 0 Å². The Kier molecular flexibility index (Phi) is 4.09. The maximum Gasteiger partial charge on any atom is 0.330 e. The van der Waals surface area contributed by atoms with Crippen molar-refractivity contribution in [1.29, 1.82) is 0 Å². The van der Waals surface area contributed by atoms with Crippen LogP contribution in [0.1, 0.15) is 25.7 Å². The van der Waals surface area contributed by atoms with E-state index in [0.29, 0.717) is 31.6 Å². The number of hydrogen-bond acceptors (Lipinski definition) is 5. The highest BCUT2D eigenvalue weighted by Crippen LogP contribution is 2.28. The third-order valence-electron chi connectivity index (χ3n) is 4.56. The number of nitrogens with zero attached hydrogens (tertiary/aromatic N) is 3. The SMILES string of the molecule is Cn1cc(N2CCC(NS(=O)(=O)C3CC3)CC2)c(=O)n(C)c1=O. The second-order valence-electron chi connectivity index (χ2n) is 6.40. The monoisotopic (exact) mass is 342 g/mol. The molecule has 1 aliphatic heterocycles. The van der Waals surface area contributed by atoms with Crippen LogP contribution in [0.4, 0.5) is 5.69 Å². The van der Waals surface area contributed by atoms with Gasteiger partial charge in [-0.3, -0.25) is 9.36 Å². The summed E-state index contributed by atoms with van der Waals surface area (Å²) in [6.45, 7) is 1.18. The lowest BCUT2D eigenvalue weighted by molar-refractivity contribution is 0.457. The molecule has 2 aliphatic rings. The normalized spacial score (nSPS) is 20.0. The molecule has 128 valence electrons. The van der Waals surface area contributed by atoms with Gasteiger partial charge in [-0.1, -0.05) is 0 Å². The van der Waals surface area contributed by atoms with Gasteiger partial charge in [0.05, 0.1) is 5.25 Å². The molecule has 0 bridgehead atoms. The van der Waals surface area contributed by atoms with E-state index in [1.165, 1.54) is 11.6 Å². The van der Waals surface area contributed by atoms with Gasteiger partial charge in [0.15, 0.2) is 0 Å². The number of nitrogens with one attached hydrogen (secondary N) is 1. The number of aromatic nitrogens is 2. The number of hydrogen-bond donors (Lipinski definition) is 1. The van der Waals surface area contributed by atoms with Crippen molar-refractivity contribution in [3.8, 4) is 0 Å². The van der Waals surface area contributed by atoms with Crippen LogP contribution in [0.5, 0.6) is 0 Å². The molecular weight excluding hydrogens is 320 g/mol. The topological polar surface area (TPSA) is 93.4 Å². The van der Waals surface area contributed by atoms with E-state index in [2.05, 4.69) is 4.72 Å². The Hall–Kier alpha value is -1.61. The summed E-state index contributed by atoms with van der Waals surface area (Å²) in [4.78, 5) is 25.9. The van der Waals surface area contributed by atoms with Crippen molar-refractivity contribution in [2.24, 2.45) is 14.1 Å². The Morgan fingerprint density at radius 2 is 1.70 bits per heavy atom. The van der Waals surface area contributed by atoms with E-state index in [-0.39, 0.29) is 22.5 Å².